The zero-order valence-electron chi connectivity index (χ0n) is 15.3. The summed E-state index contributed by atoms with van der Waals surface area (Å²) in [5.74, 6) is 0. The SMILES string of the molecule is COc1ncc(CN2CCN(CC3(c4ccccc4)CC3)CC2)cn1.Cl. The largest absolute Gasteiger partial charge is 0.467 e. The van der Waals surface area contributed by atoms with Crippen molar-refractivity contribution in [3.05, 3.63) is 53.9 Å². The van der Waals surface area contributed by atoms with Gasteiger partial charge in [-0.1, -0.05) is 30.3 Å². The van der Waals surface area contributed by atoms with Gasteiger partial charge in [0.05, 0.1) is 7.11 Å². The fourth-order valence-electron chi connectivity index (χ4n) is 3.80. The van der Waals surface area contributed by atoms with E-state index in [1.807, 2.05) is 12.4 Å². The van der Waals surface area contributed by atoms with Crippen molar-refractivity contribution in [2.45, 2.75) is 24.8 Å². The molecule has 0 atom stereocenters. The minimum absolute atomic E-state index is 0. The van der Waals surface area contributed by atoms with E-state index in [1.54, 1.807) is 7.11 Å². The van der Waals surface area contributed by atoms with E-state index < -0.39 is 0 Å². The van der Waals surface area contributed by atoms with Gasteiger partial charge < -0.3 is 4.74 Å². The number of benzene rings is 1. The van der Waals surface area contributed by atoms with Crippen molar-refractivity contribution in [1.29, 1.82) is 0 Å². The quantitative estimate of drug-likeness (QED) is 0.777. The summed E-state index contributed by atoms with van der Waals surface area (Å²) in [6.45, 7) is 6.63. The number of aromatic nitrogens is 2. The molecule has 0 spiro atoms. The molecule has 2 heterocycles. The normalized spacial score (nSPS) is 19.6. The minimum atomic E-state index is 0. The maximum absolute atomic E-state index is 5.02. The first-order chi connectivity index (χ1) is 12.3. The summed E-state index contributed by atoms with van der Waals surface area (Å²) in [6, 6.07) is 11.5. The van der Waals surface area contributed by atoms with E-state index >= 15 is 0 Å². The first-order valence-corrected chi connectivity index (χ1v) is 9.13. The summed E-state index contributed by atoms with van der Waals surface area (Å²) >= 11 is 0. The highest BCUT2D eigenvalue weighted by atomic mass is 35.5. The average Bonchev–Trinajstić information content (AvgIpc) is 3.45. The second-order valence-corrected chi connectivity index (χ2v) is 7.28. The Bertz CT molecular complexity index is 683. The molecule has 0 radical (unpaired) electrons. The fourth-order valence-corrected chi connectivity index (χ4v) is 3.80. The topological polar surface area (TPSA) is 41.5 Å². The Labute approximate surface area is 161 Å². The predicted octanol–water partition coefficient (Wildman–Crippen LogP) is 2.76. The summed E-state index contributed by atoms with van der Waals surface area (Å²) in [6.07, 6.45) is 6.40. The van der Waals surface area contributed by atoms with Crippen LogP contribution in [-0.4, -0.2) is 59.6 Å². The fraction of sp³-hybridized carbons (Fsp3) is 0.500. The summed E-state index contributed by atoms with van der Waals surface area (Å²) < 4.78 is 5.02. The summed E-state index contributed by atoms with van der Waals surface area (Å²) in [4.78, 5) is 13.5. The third-order valence-electron chi connectivity index (χ3n) is 5.50. The molecule has 5 nitrogen and oxygen atoms in total. The van der Waals surface area contributed by atoms with E-state index in [-0.39, 0.29) is 12.4 Å². The molecule has 2 aromatic rings. The van der Waals surface area contributed by atoms with Gasteiger partial charge in [-0.25, -0.2) is 9.97 Å². The highest BCUT2D eigenvalue weighted by Crippen LogP contribution is 2.48. The zero-order chi connectivity index (χ0) is 17.1. The van der Waals surface area contributed by atoms with Gasteiger partial charge in [0, 0.05) is 62.6 Å². The zero-order valence-corrected chi connectivity index (χ0v) is 16.1. The predicted molar refractivity (Wildman–Crippen MR) is 105 cm³/mol. The van der Waals surface area contributed by atoms with Crippen LogP contribution in [0.3, 0.4) is 0 Å². The summed E-state index contributed by atoms with van der Waals surface area (Å²) in [5.41, 5.74) is 3.10. The molecule has 1 saturated carbocycles. The third kappa shape index (κ3) is 4.34. The van der Waals surface area contributed by atoms with Gasteiger partial charge in [-0.3, -0.25) is 9.80 Å². The number of piperazine rings is 1. The molecular weight excluding hydrogens is 348 g/mol. The molecule has 2 aliphatic rings. The van der Waals surface area contributed by atoms with Crippen LogP contribution in [0.1, 0.15) is 24.0 Å². The summed E-state index contributed by atoms with van der Waals surface area (Å²) in [5, 5.41) is 0. The van der Waals surface area contributed by atoms with Crippen LogP contribution in [0.25, 0.3) is 0 Å². The number of nitrogens with zero attached hydrogens (tertiary/aromatic N) is 4. The van der Waals surface area contributed by atoms with E-state index in [2.05, 4.69) is 50.1 Å². The molecule has 2 fully saturated rings. The second-order valence-electron chi connectivity index (χ2n) is 7.28. The van der Waals surface area contributed by atoms with Gasteiger partial charge in [-0.15, -0.1) is 12.4 Å². The standard InChI is InChI=1S/C20H26N4O.ClH/c1-25-19-21-13-17(14-22-19)15-23-9-11-24(12-10-23)16-20(7-8-20)18-5-3-2-4-6-18;/h2-6,13-14H,7-12,15-16H2,1H3;1H. The molecule has 1 aromatic carbocycles. The molecule has 1 aliphatic heterocycles. The molecular formula is C20H27ClN4O. The van der Waals surface area contributed by atoms with Gasteiger partial charge in [0.15, 0.2) is 0 Å². The molecule has 6 heteroatoms. The molecule has 0 amide bonds. The first-order valence-electron chi connectivity index (χ1n) is 9.13. The number of methoxy groups -OCH3 is 1. The van der Waals surface area contributed by atoms with Crippen molar-refractivity contribution in [2.75, 3.05) is 39.8 Å². The lowest BCUT2D eigenvalue weighted by molar-refractivity contribution is 0.118. The molecule has 0 unspecified atom stereocenters. The smallest absolute Gasteiger partial charge is 0.316 e. The van der Waals surface area contributed by atoms with Crippen molar-refractivity contribution < 1.29 is 4.74 Å². The van der Waals surface area contributed by atoms with Gasteiger partial charge in [-0.05, 0) is 18.4 Å². The monoisotopic (exact) mass is 374 g/mol. The van der Waals surface area contributed by atoms with Crippen LogP contribution in [-0.2, 0) is 12.0 Å². The maximum atomic E-state index is 5.02. The molecule has 4 rings (SSSR count). The van der Waals surface area contributed by atoms with Crippen molar-refractivity contribution in [3.8, 4) is 6.01 Å². The molecule has 0 N–H and O–H groups in total. The molecule has 26 heavy (non-hydrogen) atoms. The Kier molecular flexibility index (Phi) is 6.12. The molecule has 140 valence electrons. The molecule has 1 saturated heterocycles. The number of rotatable bonds is 6. The lowest BCUT2D eigenvalue weighted by atomic mass is 9.95. The van der Waals surface area contributed by atoms with Gasteiger partial charge in [0.25, 0.3) is 0 Å². The van der Waals surface area contributed by atoms with Gasteiger partial charge in [0.1, 0.15) is 0 Å². The molecule has 0 bridgehead atoms. The van der Waals surface area contributed by atoms with Crippen molar-refractivity contribution in [2.24, 2.45) is 0 Å². The Balaban J connectivity index is 0.00000196. The van der Waals surface area contributed by atoms with Crippen LogP contribution in [0.5, 0.6) is 6.01 Å². The van der Waals surface area contributed by atoms with Crippen LogP contribution >= 0.6 is 12.4 Å². The second kappa shape index (κ2) is 8.33. The highest BCUT2D eigenvalue weighted by Gasteiger charge is 2.45. The van der Waals surface area contributed by atoms with Crippen LogP contribution < -0.4 is 4.74 Å². The molecule has 1 aromatic heterocycles. The Morgan fingerprint density at radius 3 is 2.15 bits per heavy atom. The highest BCUT2D eigenvalue weighted by molar-refractivity contribution is 5.85. The van der Waals surface area contributed by atoms with E-state index in [0.29, 0.717) is 11.4 Å². The van der Waals surface area contributed by atoms with E-state index in [9.17, 15) is 0 Å². The van der Waals surface area contributed by atoms with Crippen molar-refractivity contribution in [1.82, 2.24) is 19.8 Å². The first kappa shape index (κ1) is 19.1. The number of hydrogen-bond donors (Lipinski definition) is 0. The van der Waals surface area contributed by atoms with Crippen LogP contribution in [0.2, 0.25) is 0 Å². The Hall–Kier alpha value is -1.69. The summed E-state index contributed by atoms with van der Waals surface area (Å²) in [7, 11) is 1.59. The average molecular weight is 375 g/mol. The van der Waals surface area contributed by atoms with Crippen LogP contribution in [0, 0.1) is 0 Å². The van der Waals surface area contributed by atoms with E-state index in [0.717, 1.165) is 38.3 Å². The number of hydrogen-bond acceptors (Lipinski definition) is 5. The lowest BCUT2D eigenvalue weighted by Crippen LogP contribution is -2.48. The maximum Gasteiger partial charge on any atom is 0.316 e. The van der Waals surface area contributed by atoms with Crippen LogP contribution in [0.4, 0.5) is 0 Å². The molecule has 1 aliphatic carbocycles. The van der Waals surface area contributed by atoms with E-state index in [1.165, 1.54) is 24.9 Å². The van der Waals surface area contributed by atoms with Gasteiger partial charge in [0.2, 0.25) is 0 Å². The van der Waals surface area contributed by atoms with Crippen LogP contribution in [0.15, 0.2) is 42.7 Å². The van der Waals surface area contributed by atoms with E-state index in [4.69, 9.17) is 4.74 Å². The van der Waals surface area contributed by atoms with Gasteiger partial charge in [-0.2, -0.15) is 0 Å². The number of halogens is 1. The number of ether oxygens (including phenoxy) is 1. The minimum Gasteiger partial charge on any atom is -0.467 e. The third-order valence-corrected chi connectivity index (χ3v) is 5.50. The Morgan fingerprint density at radius 1 is 0.962 bits per heavy atom. The van der Waals surface area contributed by atoms with Crippen molar-refractivity contribution in [3.63, 3.8) is 0 Å². The Morgan fingerprint density at radius 2 is 1.58 bits per heavy atom. The lowest BCUT2D eigenvalue weighted by Gasteiger charge is -2.36. The van der Waals surface area contributed by atoms with Gasteiger partial charge >= 0.3 is 6.01 Å². The van der Waals surface area contributed by atoms with Crippen molar-refractivity contribution >= 4 is 12.4 Å².